The molecule has 0 amide bonds. The van der Waals surface area contributed by atoms with Crippen LogP contribution in [0.15, 0.2) is 18.2 Å². The van der Waals surface area contributed by atoms with E-state index >= 15 is 0 Å². The summed E-state index contributed by atoms with van der Waals surface area (Å²) in [6, 6.07) is 7.06. The Morgan fingerprint density at radius 3 is 2.62 bits per heavy atom. The largest absolute Gasteiger partial charge is 0.370 e. The number of hydrogen-bond acceptors (Lipinski definition) is 2. The molecule has 0 radical (unpaired) electrons. The summed E-state index contributed by atoms with van der Waals surface area (Å²) in [5, 5.41) is 4.52. The van der Waals surface area contributed by atoms with Crippen LogP contribution < -0.4 is 10.2 Å². The first-order valence-electron chi connectivity index (χ1n) is 8.21. The van der Waals surface area contributed by atoms with Gasteiger partial charge >= 0.3 is 0 Å². The topological polar surface area (TPSA) is 15.3 Å². The molecule has 2 aliphatic rings. The average molecular weight is 307 g/mol. The lowest BCUT2D eigenvalue weighted by molar-refractivity contribution is 0.263. The number of nitrogens with one attached hydrogen (secondary N) is 1. The van der Waals surface area contributed by atoms with Crippen molar-refractivity contribution in [3.63, 3.8) is 0 Å². The molecule has 2 nitrogen and oxygen atoms in total. The highest BCUT2D eigenvalue weighted by atomic mass is 35.5. The minimum Gasteiger partial charge on any atom is -0.370 e. The molecule has 1 N–H and O–H groups in total. The van der Waals surface area contributed by atoms with Crippen molar-refractivity contribution in [3.8, 4) is 0 Å². The lowest BCUT2D eigenvalue weighted by Gasteiger charge is -2.28. The van der Waals surface area contributed by atoms with Gasteiger partial charge in [-0.3, -0.25) is 0 Å². The first kappa shape index (κ1) is 15.2. The van der Waals surface area contributed by atoms with Crippen molar-refractivity contribution in [1.29, 1.82) is 0 Å². The Labute approximate surface area is 133 Å². The minimum absolute atomic E-state index is 0.377. The first-order valence-corrected chi connectivity index (χ1v) is 8.58. The smallest absolute Gasteiger partial charge is 0.0642 e. The Bertz CT molecular complexity index is 502. The van der Waals surface area contributed by atoms with E-state index in [1.807, 2.05) is 6.07 Å². The molecular formula is C18H27ClN2. The molecule has 116 valence electrons. The van der Waals surface area contributed by atoms with E-state index in [1.54, 1.807) is 0 Å². The number of hydrogen-bond donors (Lipinski definition) is 1. The highest BCUT2D eigenvalue weighted by Crippen LogP contribution is 2.39. The molecule has 1 atom stereocenters. The van der Waals surface area contributed by atoms with Crippen LogP contribution >= 0.6 is 11.6 Å². The number of nitrogens with zero attached hydrogens (tertiary/aromatic N) is 1. The van der Waals surface area contributed by atoms with Crippen LogP contribution in [-0.4, -0.2) is 19.1 Å². The van der Waals surface area contributed by atoms with Crippen molar-refractivity contribution < 1.29 is 0 Å². The van der Waals surface area contributed by atoms with Gasteiger partial charge in [0.25, 0.3) is 0 Å². The Balaban J connectivity index is 1.77. The van der Waals surface area contributed by atoms with Crippen LogP contribution in [0.3, 0.4) is 0 Å². The summed E-state index contributed by atoms with van der Waals surface area (Å²) in [5.74, 6) is 0.748. The monoisotopic (exact) mass is 306 g/mol. The van der Waals surface area contributed by atoms with Gasteiger partial charge in [0, 0.05) is 25.7 Å². The van der Waals surface area contributed by atoms with Gasteiger partial charge in [-0.05, 0) is 42.2 Å². The van der Waals surface area contributed by atoms with Crippen molar-refractivity contribution in [2.24, 2.45) is 11.3 Å². The van der Waals surface area contributed by atoms with E-state index in [0.29, 0.717) is 5.41 Å². The second kappa shape index (κ2) is 5.81. The van der Waals surface area contributed by atoms with E-state index in [2.05, 4.69) is 43.1 Å². The lowest BCUT2D eigenvalue weighted by Crippen LogP contribution is -2.27. The highest BCUT2D eigenvalue weighted by molar-refractivity contribution is 6.33. The Morgan fingerprint density at radius 2 is 2.00 bits per heavy atom. The zero-order valence-corrected chi connectivity index (χ0v) is 14.2. The predicted molar refractivity (Wildman–Crippen MR) is 91.1 cm³/mol. The van der Waals surface area contributed by atoms with Crippen molar-refractivity contribution in [2.45, 2.75) is 52.6 Å². The van der Waals surface area contributed by atoms with E-state index in [1.165, 1.54) is 30.5 Å². The normalized spacial score (nSPS) is 22.9. The first-order chi connectivity index (χ1) is 9.95. The zero-order valence-electron chi connectivity index (χ0n) is 13.5. The summed E-state index contributed by atoms with van der Waals surface area (Å²) in [6.45, 7) is 10.2. The standard InChI is InChI=1S/C18H27ClN2/c1-18(2,3)14-9-10-21(12-14)17-13(5-4-6-16(17)19)11-20-15-7-8-15/h4-6,14-15,20H,7-12H2,1-3H3. The minimum atomic E-state index is 0.377. The van der Waals surface area contributed by atoms with Crippen molar-refractivity contribution in [3.05, 3.63) is 28.8 Å². The Kier molecular flexibility index (Phi) is 4.20. The summed E-state index contributed by atoms with van der Waals surface area (Å²) in [5.41, 5.74) is 2.99. The maximum atomic E-state index is 6.53. The van der Waals surface area contributed by atoms with Crippen LogP contribution in [0.5, 0.6) is 0 Å². The van der Waals surface area contributed by atoms with Gasteiger partial charge in [0.2, 0.25) is 0 Å². The fraction of sp³-hybridized carbons (Fsp3) is 0.667. The van der Waals surface area contributed by atoms with Gasteiger partial charge in [-0.25, -0.2) is 0 Å². The molecule has 1 aliphatic heterocycles. The van der Waals surface area contributed by atoms with Crippen LogP contribution in [0.25, 0.3) is 0 Å². The summed E-state index contributed by atoms with van der Waals surface area (Å²) < 4.78 is 0. The lowest BCUT2D eigenvalue weighted by atomic mass is 9.80. The third-order valence-electron chi connectivity index (χ3n) is 4.96. The van der Waals surface area contributed by atoms with Crippen molar-refractivity contribution in [1.82, 2.24) is 5.32 Å². The van der Waals surface area contributed by atoms with Gasteiger partial charge in [-0.1, -0.05) is 44.5 Å². The number of rotatable bonds is 4. The predicted octanol–water partition coefficient (Wildman–Crippen LogP) is 4.46. The molecular weight excluding hydrogens is 280 g/mol. The van der Waals surface area contributed by atoms with E-state index in [-0.39, 0.29) is 0 Å². The van der Waals surface area contributed by atoms with E-state index in [9.17, 15) is 0 Å². The molecule has 1 aromatic rings. The van der Waals surface area contributed by atoms with E-state index in [4.69, 9.17) is 11.6 Å². The quantitative estimate of drug-likeness (QED) is 0.883. The van der Waals surface area contributed by atoms with Gasteiger partial charge in [0.05, 0.1) is 10.7 Å². The highest BCUT2D eigenvalue weighted by Gasteiger charge is 2.33. The second-order valence-electron chi connectivity index (χ2n) is 7.70. The molecule has 2 fully saturated rings. The van der Waals surface area contributed by atoms with Crippen LogP contribution in [0.2, 0.25) is 5.02 Å². The molecule has 1 aromatic carbocycles. The summed E-state index contributed by atoms with van der Waals surface area (Å²) in [6.07, 6.45) is 3.92. The third-order valence-corrected chi connectivity index (χ3v) is 5.26. The van der Waals surface area contributed by atoms with Gasteiger partial charge in [-0.15, -0.1) is 0 Å². The number of anilines is 1. The maximum absolute atomic E-state index is 6.53. The number of benzene rings is 1. The molecule has 1 saturated carbocycles. The molecule has 1 heterocycles. The van der Waals surface area contributed by atoms with Crippen molar-refractivity contribution >= 4 is 17.3 Å². The molecule has 0 aromatic heterocycles. The SMILES string of the molecule is CC(C)(C)C1CCN(c2c(Cl)cccc2CNC2CC2)C1. The second-order valence-corrected chi connectivity index (χ2v) is 8.11. The summed E-state index contributed by atoms with van der Waals surface area (Å²) in [7, 11) is 0. The fourth-order valence-corrected chi connectivity index (χ4v) is 3.58. The summed E-state index contributed by atoms with van der Waals surface area (Å²) >= 11 is 6.53. The molecule has 0 bridgehead atoms. The van der Waals surface area contributed by atoms with Crippen LogP contribution in [0, 0.1) is 11.3 Å². The van der Waals surface area contributed by atoms with E-state index in [0.717, 1.165) is 36.6 Å². The molecule has 3 rings (SSSR count). The molecule has 21 heavy (non-hydrogen) atoms. The Hall–Kier alpha value is -0.730. The molecule has 0 spiro atoms. The van der Waals surface area contributed by atoms with Crippen molar-refractivity contribution in [2.75, 3.05) is 18.0 Å². The van der Waals surface area contributed by atoms with Crippen LogP contribution in [0.4, 0.5) is 5.69 Å². The zero-order chi connectivity index (χ0) is 15.0. The van der Waals surface area contributed by atoms with Gasteiger partial charge < -0.3 is 10.2 Å². The van der Waals surface area contributed by atoms with Gasteiger partial charge in [-0.2, -0.15) is 0 Å². The van der Waals surface area contributed by atoms with Gasteiger partial charge in [0.1, 0.15) is 0 Å². The molecule has 1 unspecified atom stereocenters. The van der Waals surface area contributed by atoms with Crippen LogP contribution in [-0.2, 0) is 6.54 Å². The van der Waals surface area contributed by atoms with E-state index < -0.39 is 0 Å². The third kappa shape index (κ3) is 3.54. The van der Waals surface area contributed by atoms with Gasteiger partial charge in [0.15, 0.2) is 0 Å². The average Bonchev–Trinajstić information content (AvgIpc) is 3.10. The maximum Gasteiger partial charge on any atom is 0.0642 e. The molecule has 3 heteroatoms. The molecule has 1 aliphatic carbocycles. The number of para-hydroxylation sites is 1. The fourth-order valence-electron chi connectivity index (χ4n) is 3.27. The summed E-state index contributed by atoms with van der Waals surface area (Å²) in [4.78, 5) is 2.50. The number of halogens is 1. The Morgan fingerprint density at radius 1 is 1.24 bits per heavy atom. The van der Waals surface area contributed by atoms with Crippen LogP contribution in [0.1, 0.15) is 45.6 Å². The molecule has 1 saturated heterocycles.